The van der Waals surface area contributed by atoms with Crippen LogP contribution in [-0.2, 0) is 6.42 Å². The lowest BCUT2D eigenvalue weighted by Gasteiger charge is -2.23. The zero-order chi connectivity index (χ0) is 18.9. The van der Waals surface area contributed by atoms with Gasteiger partial charge in [0.25, 0.3) is 0 Å². The van der Waals surface area contributed by atoms with Crippen molar-refractivity contribution in [3.63, 3.8) is 0 Å². The van der Waals surface area contributed by atoms with Gasteiger partial charge in [-0.05, 0) is 73.7 Å². The Morgan fingerprint density at radius 2 is 2.00 bits per heavy atom. The highest BCUT2D eigenvalue weighted by molar-refractivity contribution is 5.91. The van der Waals surface area contributed by atoms with Crippen molar-refractivity contribution in [2.45, 2.75) is 32.1 Å². The summed E-state index contributed by atoms with van der Waals surface area (Å²) in [5.41, 5.74) is 6.43. The number of nitrogens with one attached hydrogen (secondary N) is 2. The maximum absolute atomic E-state index is 4.50. The van der Waals surface area contributed by atoms with E-state index in [1.165, 1.54) is 40.6 Å². The SMILES string of the molecule is CCc1c(-c2ccnc(-n3ccnc3)c2)[nH]c2ccc(C3CCNCC3)cc12. The van der Waals surface area contributed by atoms with E-state index in [1.807, 2.05) is 17.0 Å². The Bertz CT molecular complexity index is 1090. The normalized spacial score (nSPS) is 15.3. The first-order valence-electron chi connectivity index (χ1n) is 10.1. The van der Waals surface area contributed by atoms with E-state index in [0.717, 1.165) is 30.9 Å². The molecule has 0 unspecified atom stereocenters. The van der Waals surface area contributed by atoms with Crippen LogP contribution in [0.2, 0.25) is 0 Å². The van der Waals surface area contributed by atoms with Crippen molar-refractivity contribution in [1.82, 2.24) is 24.8 Å². The Morgan fingerprint density at radius 1 is 1.11 bits per heavy atom. The van der Waals surface area contributed by atoms with Crippen LogP contribution in [0.25, 0.3) is 28.0 Å². The van der Waals surface area contributed by atoms with Crippen molar-refractivity contribution in [2.24, 2.45) is 0 Å². The van der Waals surface area contributed by atoms with E-state index in [9.17, 15) is 0 Å². The number of pyridine rings is 1. The second kappa shape index (κ2) is 7.24. The molecule has 0 radical (unpaired) electrons. The summed E-state index contributed by atoms with van der Waals surface area (Å²) in [4.78, 5) is 12.3. The highest BCUT2D eigenvalue weighted by atomic mass is 15.1. The summed E-state index contributed by atoms with van der Waals surface area (Å²) in [6.07, 6.45) is 10.8. The average Bonchev–Trinajstić information content (AvgIpc) is 3.42. The highest BCUT2D eigenvalue weighted by Gasteiger charge is 2.18. The Balaban J connectivity index is 1.59. The summed E-state index contributed by atoms with van der Waals surface area (Å²) < 4.78 is 1.94. The second-order valence-corrected chi connectivity index (χ2v) is 7.53. The van der Waals surface area contributed by atoms with Crippen LogP contribution in [0.1, 0.15) is 36.8 Å². The van der Waals surface area contributed by atoms with Gasteiger partial charge in [-0.3, -0.25) is 4.57 Å². The lowest BCUT2D eigenvalue weighted by Crippen LogP contribution is -2.26. The molecule has 4 heterocycles. The third-order valence-electron chi connectivity index (χ3n) is 5.90. The first kappa shape index (κ1) is 17.2. The lowest BCUT2D eigenvalue weighted by molar-refractivity contribution is 0.460. The van der Waals surface area contributed by atoms with Crippen LogP contribution in [0.15, 0.2) is 55.2 Å². The molecule has 5 nitrogen and oxygen atoms in total. The summed E-state index contributed by atoms with van der Waals surface area (Å²) in [6.45, 7) is 4.48. The number of hydrogen-bond acceptors (Lipinski definition) is 3. The van der Waals surface area contributed by atoms with Crippen molar-refractivity contribution in [3.8, 4) is 17.1 Å². The van der Waals surface area contributed by atoms with E-state index in [4.69, 9.17) is 0 Å². The highest BCUT2D eigenvalue weighted by Crippen LogP contribution is 2.34. The lowest BCUT2D eigenvalue weighted by atomic mass is 9.89. The molecular weight excluding hydrogens is 346 g/mol. The number of piperidine rings is 1. The molecule has 1 saturated heterocycles. The molecule has 5 rings (SSSR count). The van der Waals surface area contributed by atoms with Gasteiger partial charge in [0, 0.05) is 40.8 Å². The van der Waals surface area contributed by atoms with E-state index in [2.05, 4.69) is 57.5 Å². The molecule has 2 N–H and O–H groups in total. The molecule has 5 heteroatoms. The van der Waals surface area contributed by atoms with Gasteiger partial charge in [-0.1, -0.05) is 13.0 Å². The zero-order valence-corrected chi connectivity index (χ0v) is 16.2. The maximum atomic E-state index is 4.50. The van der Waals surface area contributed by atoms with Gasteiger partial charge in [0.15, 0.2) is 0 Å². The first-order valence-corrected chi connectivity index (χ1v) is 10.1. The zero-order valence-electron chi connectivity index (χ0n) is 16.2. The van der Waals surface area contributed by atoms with Gasteiger partial charge in [-0.25, -0.2) is 9.97 Å². The molecule has 142 valence electrons. The fourth-order valence-corrected chi connectivity index (χ4v) is 4.40. The molecule has 0 amide bonds. The minimum Gasteiger partial charge on any atom is -0.354 e. The molecule has 1 aliphatic heterocycles. The molecule has 28 heavy (non-hydrogen) atoms. The average molecular weight is 371 g/mol. The van der Waals surface area contributed by atoms with Crippen molar-refractivity contribution in [3.05, 3.63) is 66.4 Å². The summed E-state index contributed by atoms with van der Waals surface area (Å²) in [5.74, 6) is 1.55. The van der Waals surface area contributed by atoms with Crippen molar-refractivity contribution >= 4 is 10.9 Å². The summed E-state index contributed by atoms with van der Waals surface area (Å²) in [6, 6.07) is 11.2. The number of nitrogens with zero attached hydrogens (tertiary/aromatic N) is 3. The molecule has 0 bridgehead atoms. The minimum absolute atomic E-state index is 0.669. The molecule has 1 fully saturated rings. The number of rotatable bonds is 4. The van der Waals surface area contributed by atoms with Crippen LogP contribution >= 0.6 is 0 Å². The first-order chi connectivity index (χ1) is 13.8. The van der Waals surface area contributed by atoms with Crippen LogP contribution in [0.5, 0.6) is 0 Å². The van der Waals surface area contributed by atoms with E-state index >= 15 is 0 Å². The third kappa shape index (κ3) is 3.02. The second-order valence-electron chi connectivity index (χ2n) is 7.53. The van der Waals surface area contributed by atoms with Crippen molar-refractivity contribution in [2.75, 3.05) is 13.1 Å². The van der Waals surface area contributed by atoms with E-state index in [-0.39, 0.29) is 0 Å². The molecule has 0 atom stereocenters. The predicted octanol–water partition coefficient (Wildman–Crippen LogP) is 4.45. The third-order valence-corrected chi connectivity index (χ3v) is 5.90. The molecule has 1 aliphatic rings. The van der Waals surface area contributed by atoms with Gasteiger partial charge in [-0.2, -0.15) is 0 Å². The molecular formula is C23H25N5. The van der Waals surface area contributed by atoms with Gasteiger partial charge in [0.05, 0.1) is 0 Å². The maximum Gasteiger partial charge on any atom is 0.138 e. The number of aromatic amines is 1. The molecule has 3 aromatic heterocycles. The van der Waals surface area contributed by atoms with E-state index < -0.39 is 0 Å². The van der Waals surface area contributed by atoms with Crippen molar-refractivity contribution in [1.29, 1.82) is 0 Å². The molecule has 0 spiro atoms. The Labute approximate surface area is 164 Å². The Morgan fingerprint density at radius 3 is 2.79 bits per heavy atom. The number of aromatic nitrogens is 4. The van der Waals surface area contributed by atoms with Gasteiger partial charge < -0.3 is 10.3 Å². The van der Waals surface area contributed by atoms with Crippen LogP contribution in [0, 0.1) is 0 Å². The number of aryl methyl sites for hydroxylation is 1. The quantitative estimate of drug-likeness (QED) is 0.557. The number of benzene rings is 1. The molecule has 1 aromatic carbocycles. The predicted molar refractivity (Wildman–Crippen MR) is 113 cm³/mol. The van der Waals surface area contributed by atoms with Crippen LogP contribution < -0.4 is 5.32 Å². The van der Waals surface area contributed by atoms with Gasteiger partial charge in [0.2, 0.25) is 0 Å². The van der Waals surface area contributed by atoms with Crippen LogP contribution in [0.3, 0.4) is 0 Å². The smallest absolute Gasteiger partial charge is 0.138 e. The Kier molecular flexibility index (Phi) is 4.45. The topological polar surface area (TPSA) is 58.5 Å². The molecule has 4 aromatic rings. The molecule has 0 aliphatic carbocycles. The number of H-pyrrole nitrogens is 1. The van der Waals surface area contributed by atoms with Crippen LogP contribution in [0.4, 0.5) is 0 Å². The number of fused-ring (bicyclic) bond motifs is 1. The summed E-state index contributed by atoms with van der Waals surface area (Å²) in [5, 5.41) is 4.82. The van der Waals surface area contributed by atoms with Gasteiger partial charge in [0.1, 0.15) is 12.1 Å². The fourth-order valence-electron chi connectivity index (χ4n) is 4.40. The largest absolute Gasteiger partial charge is 0.354 e. The summed E-state index contributed by atoms with van der Waals surface area (Å²) >= 11 is 0. The fraction of sp³-hybridized carbons (Fsp3) is 0.304. The standard InChI is InChI=1S/C23H25N5/c1-2-19-20-13-17(16-5-8-24-9-6-16)3-4-21(20)27-23(19)18-7-10-26-22(14-18)28-12-11-25-15-28/h3-4,7,10-16,24,27H,2,5-6,8-9H2,1H3. The molecule has 0 saturated carbocycles. The number of imidazole rings is 1. The Hall–Kier alpha value is -2.92. The van der Waals surface area contributed by atoms with Gasteiger partial charge >= 0.3 is 0 Å². The van der Waals surface area contributed by atoms with Gasteiger partial charge in [-0.15, -0.1) is 0 Å². The van der Waals surface area contributed by atoms with E-state index in [1.54, 1.807) is 12.5 Å². The summed E-state index contributed by atoms with van der Waals surface area (Å²) in [7, 11) is 0. The monoisotopic (exact) mass is 371 g/mol. The minimum atomic E-state index is 0.669. The van der Waals surface area contributed by atoms with E-state index in [0.29, 0.717) is 5.92 Å². The van der Waals surface area contributed by atoms with Crippen molar-refractivity contribution < 1.29 is 0 Å². The number of hydrogen-bond donors (Lipinski definition) is 2. The van der Waals surface area contributed by atoms with Crippen LogP contribution in [-0.4, -0.2) is 32.6 Å².